The number of aromatic nitrogens is 2. The third-order valence-electron chi connectivity index (χ3n) is 2.25. The minimum Gasteiger partial charge on any atom is -0.405 e. The molecule has 0 spiro atoms. The number of rotatable bonds is 1. The number of esters is 1. The maximum absolute atomic E-state index is 11.4. The van der Waals surface area contributed by atoms with Gasteiger partial charge in [-0.05, 0) is 18.6 Å². The second-order valence-electron chi connectivity index (χ2n) is 3.56. The Morgan fingerprint density at radius 1 is 1.44 bits per heavy atom. The van der Waals surface area contributed by atoms with Crippen LogP contribution in [0.3, 0.4) is 0 Å². The first-order valence-corrected chi connectivity index (χ1v) is 6.02. The van der Waals surface area contributed by atoms with Gasteiger partial charge in [0.25, 0.3) is 5.88 Å². The molecule has 0 N–H and O–H groups in total. The summed E-state index contributed by atoms with van der Waals surface area (Å²) in [6, 6.07) is 0. The van der Waals surface area contributed by atoms with Crippen molar-refractivity contribution in [1.82, 2.24) is 9.78 Å². The van der Waals surface area contributed by atoms with Crippen LogP contribution in [0.5, 0.6) is 5.88 Å². The lowest BCUT2D eigenvalue weighted by molar-refractivity contribution is -0.132. The van der Waals surface area contributed by atoms with Gasteiger partial charge in [0.05, 0.1) is 10.6 Å². The van der Waals surface area contributed by atoms with Gasteiger partial charge in [-0.25, -0.2) is 4.68 Å². The summed E-state index contributed by atoms with van der Waals surface area (Å²) in [6.07, 6.45) is 1.81. The fourth-order valence-corrected chi connectivity index (χ4v) is 2.71. The molecule has 0 saturated carbocycles. The molecule has 2 rings (SSSR count). The van der Waals surface area contributed by atoms with E-state index in [2.05, 4.69) is 5.10 Å². The van der Waals surface area contributed by atoms with Crippen LogP contribution in [0.2, 0.25) is 0 Å². The molecule has 86 valence electrons. The minimum atomic E-state index is -0.415. The average Bonchev–Trinajstić information content (AvgIpc) is 2.57. The molecule has 0 fully saturated rings. The Morgan fingerprint density at radius 2 is 2.19 bits per heavy atom. The molecule has 1 aliphatic heterocycles. The van der Waals surface area contributed by atoms with Gasteiger partial charge in [0, 0.05) is 13.8 Å². The Balaban J connectivity index is 2.45. The normalized spacial score (nSPS) is 14.4. The Kier molecular flexibility index (Phi) is 3.00. The summed E-state index contributed by atoms with van der Waals surface area (Å²) in [7, 11) is 0. The summed E-state index contributed by atoms with van der Waals surface area (Å²) in [6.45, 7) is 2.77. The largest absolute Gasteiger partial charge is 0.405 e. The fraction of sp³-hybridized carbons (Fsp3) is 0.500. The predicted octanol–water partition coefficient (Wildman–Crippen LogP) is 1.51. The van der Waals surface area contributed by atoms with E-state index in [0.29, 0.717) is 0 Å². The topological polar surface area (TPSA) is 61.2 Å². The average molecular weight is 240 g/mol. The monoisotopic (exact) mass is 240 g/mol. The van der Waals surface area contributed by atoms with E-state index in [4.69, 9.17) is 4.74 Å². The number of thioether (sulfide) groups is 1. The first-order chi connectivity index (χ1) is 7.59. The van der Waals surface area contributed by atoms with Crippen molar-refractivity contribution in [2.24, 2.45) is 0 Å². The molecule has 1 aliphatic rings. The zero-order valence-electron chi connectivity index (χ0n) is 9.15. The Labute approximate surface area is 97.1 Å². The van der Waals surface area contributed by atoms with Crippen LogP contribution in [0.15, 0.2) is 4.90 Å². The SMILES string of the molecule is CC(=O)Oc1nn(C(C)=O)c2c1SCCC2. The third kappa shape index (κ3) is 1.97. The number of carbonyl (C=O) groups is 2. The lowest BCUT2D eigenvalue weighted by Crippen LogP contribution is -2.13. The molecule has 1 aromatic rings. The molecule has 16 heavy (non-hydrogen) atoms. The lowest BCUT2D eigenvalue weighted by atomic mass is 10.2. The van der Waals surface area contributed by atoms with E-state index >= 15 is 0 Å². The van der Waals surface area contributed by atoms with Crippen molar-refractivity contribution in [1.29, 1.82) is 0 Å². The van der Waals surface area contributed by atoms with Crippen molar-refractivity contribution in [3.63, 3.8) is 0 Å². The van der Waals surface area contributed by atoms with Gasteiger partial charge in [-0.15, -0.1) is 16.9 Å². The van der Waals surface area contributed by atoms with Crippen molar-refractivity contribution in [2.75, 3.05) is 5.75 Å². The van der Waals surface area contributed by atoms with Crippen LogP contribution in [0.1, 0.15) is 30.8 Å². The minimum absolute atomic E-state index is 0.155. The first kappa shape index (κ1) is 11.2. The van der Waals surface area contributed by atoms with Gasteiger partial charge in [0.15, 0.2) is 0 Å². The van der Waals surface area contributed by atoms with Crippen molar-refractivity contribution in [3.8, 4) is 5.88 Å². The predicted molar refractivity (Wildman–Crippen MR) is 58.9 cm³/mol. The van der Waals surface area contributed by atoms with E-state index in [-0.39, 0.29) is 11.8 Å². The fourth-order valence-electron chi connectivity index (χ4n) is 1.66. The summed E-state index contributed by atoms with van der Waals surface area (Å²) in [5, 5.41) is 4.03. The highest BCUT2D eigenvalue weighted by Gasteiger charge is 2.25. The van der Waals surface area contributed by atoms with Crippen LogP contribution < -0.4 is 4.74 Å². The molecular weight excluding hydrogens is 228 g/mol. The zero-order chi connectivity index (χ0) is 11.7. The molecule has 6 heteroatoms. The molecule has 0 radical (unpaired) electrons. The standard InChI is InChI=1S/C10H12N2O3S/c1-6(13)12-8-4-3-5-16-9(8)10(11-12)15-7(2)14/h3-5H2,1-2H3. The van der Waals surface area contributed by atoms with E-state index in [1.807, 2.05) is 0 Å². The molecule has 0 atom stereocenters. The molecule has 1 aromatic heterocycles. The molecule has 0 aliphatic carbocycles. The number of nitrogens with zero attached hydrogens (tertiary/aromatic N) is 2. The Hall–Kier alpha value is -1.30. The summed E-state index contributed by atoms with van der Waals surface area (Å²) >= 11 is 1.58. The maximum atomic E-state index is 11.4. The second kappa shape index (κ2) is 4.29. The third-order valence-corrected chi connectivity index (χ3v) is 3.44. The molecule has 2 heterocycles. The van der Waals surface area contributed by atoms with Crippen LogP contribution in [-0.4, -0.2) is 27.4 Å². The summed E-state index contributed by atoms with van der Waals surface area (Å²) in [4.78, 5) is 23.1. The second-order valence-corrected chi connectivity index (χ2v) is 4.66. The Morgan fingerprint density at radius 3 is 2.81 bits per heavy atom. The summed E-state index contributed by atoms with van der Waals surface area (Å²) in [5.41, 5.74) is 0.861. The molecule has 5 nitrogen and oxygen atoms in total. The van der Waals surface area contributed by atoms with Crippen LogP contribution in [-0.2, 0) is 11.2 Å². The van der Waals surface area contributed by atoms with Gasteiger partial charge in [-0.2, -0.15) is 0 Å². The number of hydrogen-bond acceptors (Lipinski definition) is 5. The van der Waals surface area contributed by atoms with Crippen molar-refractivity contribution >= 4 is 23.6 Å². The molecule has 0 unspecified atom stereocenters. The summed E-state index contributed by atoms with van der Waals surface area (Å²) in [5.74, 6) is 0.659. The quantitative estimate of drug-likeness (QED) is 0.696. The van der Waals surface area contributed by atoms with Gasteiger partial charge < -0.3 is 4.74 Å². The van der Waals surface area contributed by atoms with Crippen LogP contribution >= 0.6 is 11.8 Å². The number of ether oxygens (including phenoxy) is 1. The van der Waals surface area contributed by atoms with Gasteiger partial charge in [-0.1, -0.05) is 0 Å². The Bertz CT molecular complexity index is 453. The first-order valence-electron chi connectivity index (χ1n) is 5.03. The molecule has 0 bridgehead atoms. The maximum Gasteiger partial charge on any atom is 0.309 e. The molecular formula is C10H12N2O3S. The summed E-state index contributed by atoms with van der Waals surface area (Å²) < 4.78 is 6.33. The van der Waals surface area contributed by atoms with Gasteiger partial charge >= 0.3 is 5.97 Å². The molecule has 0 aromatic carbocycles. The van der Waals surface area contributed by atoms with E-state index in [0.717, 1.165) is 29.2 Å². The van der Waals surface area contributed by atoms with Gasteiger partial charge in [0.2, 0.25) is 5.91 Å². The number of hydrogen-bond donors (Lipinski definition) is 0. The zero-order valence-corrected chi connectivity index (χ0v) is 9.97. The van der Waals surface area contributed by atoms with Crippen molar-refractivity contribution in [3.05, 3.63) is 5.69 Å². The highest BCUT2D eigenvalue weighted by atomic mass is 32.2. The van der Waals surface area contributed by atoms with Crippen LogP contribution in [0, 0.1) is 0 Å². The number of carbonyl (C=O) groups excluding carboxylic acids is 2. The van der Waals surface area contributed by atoms with Crippen LogP contribution in [0.4, 0.5) is 0 Å². The van der Waals surface area contributed by atoms with E-state index in [9.17, 15) is 9.59 Å². The van der Waals surface area contributed by atoms with Crippen molar-refractivity contribution in [2.45, 2.75) is 31.6 Å². The number of fused-ring (bicyclic) bond motifs is 1. The smallest absolute Gasteiger partial charge is 0.309 e. The van der Waals surface area contributed by atoms with Gasteiger partial charge in [-0.3, -0.25) is 9.59 Å². The van der Waals surface area contributed by atoms with E-state index in [1.54, 1.807) is 11.8 Å². The van der Waals surface area contributed by atoms with Crippen molar-refractivity contribution < 1.29 is 14.3 Å². The molecule has 0 amide bonds. The van der Waals surface area contributed by atoms with Crippen LogP contribution in [0.25, 0.3) is 0 Å². The van der Waals surface area contributed by atoms with Gasteiger partial charge in [0.1, 0.15) is 0 Å². The van der Waals surface area contributed by atoms with E-state index < -0.39 is 5.97 Å². The lowest BCUT2D eigenvalue weighted by Gasteiger charge is -2.11. The molecule has 0 saturated heterocycles. The highest BCUT2D eigenvalue weighted by Crippen LogP contribution is 2.37. The van der Waals surface area contributed by atoms with E-state index in [1.165, 1.54) is 18.5 Å². The highest BCUT2D eigenvalue weighted by molar-refractivity contribution is 7.99.